The number of nitrogens with zero attached hydrogens (tertiary/aromatic N) is 1. The molecular formula is C14H25ClN2O2. The molecule has 0 bridgehead atoms. The molecule has 3 aliphatic rings. The van der Waals surface area contributed by atoms with Gasteiger partial charge in [0.15, 0.2) is 0 Å². The Balaban J connectivity index is 0.00000133. The lowest BCUT2D eigenvalue weighted by Crippen LogP contribution is -2.47. The van der Waals surface area contributed by atoms with Crippen LogP contribution in [0, 0.1) is 5.92 Å². The number of amides is 1. The Kier molecular flexibility index (Phi) is 5.09. The van der Waals surface area contributed by atoms with Gasteiger partial charge in [0.25, 0.3) is 0 Å². The minimum absolute atomic E-state index is 0. The minimum Gasteiger partial charge on any atom is -0.379 e. The third kappa shape index (κ3) is 3.06. The van der Waals surface area contributed by atoms with Crippen molar-refractivity contribution in [3.8, 4) is 0 Å². The molecule has 1 saturated carbocycles. The lowest BCUT2D eigenvalue weighted by atomic mass is 9.85. The highest BCUT2D eigenvalue weighted by atomic mass is 35.5. The first-order valence-electron chi connectivity index (χ1n) is 7.36. The van der Waals surface area contributed by atoms with E-state index in [2.05, 4.69) is 5.32 Å². The summed E-state index contributed by atoms with van der Waals surface area (Å²) in [7, 11) is 1.94. The van der Waals surface area contributed by atoms with Crippen molar-refractivity contribution in [1.29, 1.82) is 0 Å². The largest absolute Gasteiger partial charge is 0.379 e. The van der Waals surface area contributed by atoms with E-state index >= 15 is 0 Å². The van der Waals surface area contributed by atoms with Crippen LogP contribution in [-0.2, 0) is 9.53 Å². The number of carbonyl (C=O) groups excluding carboxylic acids is 1. The van der Waals surface area contributed by atoms with Crippen molar-refractivity contribution in [3.05, 3.63) is 0 Å². The summed E-state index contributed by atoms with van der Waals surface area (Å²) in [6.07, 6.45) is 7.25. The van der Waals surface area contributed by atoms with Crippen molar-refractivity contribution < 1.29 is 9.53 Å². The van der Waals surface area contributed by atoms with Crippen LogP contribution in [0.5, 0.6) is 0 Å². The van der Waals surface area contributed by atoms with E-state index in [-0.39, 0.29) is 24.4 Å². The van der Waals surface area contributed by atoms with Crippen molar-refractivity contribution in [2.24, 2.45) is 5.92 Å². The van der Waals surface area contributed by atoms with E-state index in [0.717, 1.165) is 25.4 Å². The van der Waals surface area contributed by atoms with Gasteiger partial charge in [-0.25, -0.2) is 0 Å². The molecule has 0 aromatic heterocycles. The number of rotatable bonds is 2. The number of ether oxygens (including phenoxy) is 1. The van der Waals surface area contributed by atoms with Crippen molar-refractivity contribution in [3.63, 3.8) is 0 Å². The van der Waals surface area contributed by atoms with Gasteiger partial charge in [0.05, 0.1) is 18.7 Å². The summed E-state index contributed by atoms with van der Waals surface area (Å²) in [6, 6.07) is 0.951. The number of halogens is 1. The van der Waals surface area contributed by atoms with Gasteiger partial charge in [-0.3, -0.25) is 4.79 Å². The van der Waals surface area contributed by atoms with E-state index < -0.39 is 0 Å². The predicted octanol–water partition coefficient (Wildman–Crippen LogP) is 1.58. The van der Waals surface area contributed by atoms with Crippen LogP contribution >= 0.6 is 12.4 Å². The average Bonchev–Trinajstić information content (AvgIpc) is 3.05. The van der Waals surface area contributed by atoms with Crippen LogP contribution in [0.3, 0.4) is 0 Å². The molecule has 19 heavy (non-hydrogen) atoms. The Morgan fingerprint density at radius 3 is 2.74 bits per heavy atom. The van der Waals surface area contributed by atoms with Crippen molar-refractivity contribution in [1.82, 2.24) is 10.2 Å². The van der Waals surface area contributed by atoms with Gasteiger partial charge in [0, 0.05) is 19.7 Å². The van der Waals surface area contributed by atoms with Gasteiger partial charge in [0.2, 0.25) is 5.91 Å². The zero-order chi connectivity index (χ0) is 12.5. The van der Waals surface area contributed by atoms with Crippen molar-refractivity contribution in [2.45, 2.75) is 56.7 Å². The number of carbonyl (C=O) groups is 1. The number of fused-ring (bicyclic) bond motifs is 1. The summed E-state index contributed by atoms with van der Waals surface area (Å²) in [5.41, 5.74) is 0. The average molecular weight is 289 g/mol. The molecule has 110 valence electrons. The molecule has 0 spiro atoms. The summed E-state index contributed by atoms with van der Waals surface area (Å²) in [5.74, 6) is 1.01. The Morgan fingerprint density at radius 2 is 2.05 bits per heavy atom. The molecule has 1 N–H and O–H groups in total. The molecule has 1 aliphatic carbocycles. The summed E-state index contributed by atoms with van der Waals surface area (Å²) in [5, 5.41) is 3.56. The highest BCUT2D eigenvalue weighted by Gasteiger charge is 2.40. The van der Waals surface area contributed by atoms with Gasteiger partial charge < -0.3 is 15.0 Å². The molecule has 0 radical (unpaired) electrons. The molecule has 2 saturated heterocycles. The molecule has 4 unspecified atom stereocenters. The number of hydrogen-bond acceptors (Lipinski definition) is 3. The molecule has 3 rings (SSSR count). The van der Waals surface area contributed by atoms with Gasteiger partial charge in [-0.1, -0.05) is 12.8 Å². The van der Waals surface area contributed by atoms with Crippen LogP contribution in [0.25, 0.3) is 0 Å². The van der Waals surface area contributed by atoms with Gasteiger partial charge in [-0.05, 0) is 31.6 Å². The van der Waals surface area contributed by atoms with Crippen LogP contribution < -0.4 is 5.32 Å². The van der Waals surface area contributed by atoms with Crippen LogP contribution in [0.1, 0.15) is 38.5 Å². The lowest BCUT2D eigenvalue weighted by molar-refractivity contribution is -0.134. The molecule has 0 aromatic carbocycles. The molecule has 4 nitrogen and oxygen atoms in total. The Hall–Kier alpha value is -0.320. The van der Waals surface area contributed by atoms with E-state index in [1.165, 1.54) is 25.7 Å². The van der Waals surface area contributed by atoms with Gasteiger partial charge >= 0.3 is 0 Å². The normalized spacial score (nSPS) is 37.5. The zero-order valence-electron chi connectivity index (χ0n) is 11.6. The Labute approximate surface area is 121 Å². The lowest BCUT2D eigenvalue weighted by Gasteiger charge is -2.26. The quantitative estimate of drug-likeness (QED) is 0.839. The van der Waals surface area contributed by atoms with Gasteiger partial charge in [0.1, 0.15) is 0 Å². The van der Waals surface area contributed by atoms with Gasteiger partial charge in [-0.2, -0.15) is 0 Å². The van der Waals surface area contributed by atoms with E-state index in [4.69, 9.17) is 4.74 Å². The summed E-state index contributed by atoms with van der Waals surface area (Å²) in [4.78, 5) is 14.4. The fourth-order valence-corrected chi connectivity index (χ4v) is 3.76. The number of likely N-dealkylation sites (N-methyl/N-ethyl adjacent to an activating group) is 1. The number of nitrogens with one attached hydrogen (secondary N) is 1. The maximum absolute atomic E-state index is 12.5. The fraction of sp³-hybridized carbons (Fsp3) is 0.929. The minimum atomic E-state index is 0. The van der Waals surface area contributed by atoms with Crippen LogP contribution in [0.15, 0.2) is 0 Å². The molecule has 2 aliphatic heterocycles. The highest BCUT2D eigenvalue weighted by molar-refractivity contribution is 5.85. The molecule has 3 fully saturated rings. The maximum atomic E-state index is 12.5. The van der Waals surface area contributed by atoms with E-state index in [0.29, 0.717) is 18.7 Å². The monoisotopic (exact) mass is 288 g/mol. The third-order valence-electron chi connectivity index (χ3n) is 4.96. The molecule has 2 heterocycles. The fourth-order valence-electron chi connectivity index (χ4n) is 3.76. The summed E-state index contributed by atoms with van der Waals surface area (Å²) < 4.78 is 5.37. The SMILES string of the molecule is CN(C(=O)C1CC2CCCCC2N1)C1CCOC1.Cl. The second-order valence-corrected chi connectivity index (χ2v) is 6.07. The van der Waals surface area contributed by atoms with Gasteiger partial charge in [-0.15, -0.1) is 12.4 Å². The summed E-state index contributed by atoms with van der Waals surface area (Å²) in [6.45, 7) is 1.51. The standard InChI is InChI=1S/C14H24N2O2.ClH/c1-16(11-6-7-18-9-11)14(17)13-8-10-4-2-3-5-12(10)15-13;/h10-13,15H,2-9H2,1H3;1H. The molecule has 4 atom stereocenters. The maximum Gasteiger partial charge on any atom is 0.239 e. The highest BCUT2D eigenvalue weighted by Crippen LogP contribution is 2.33. The third-order valence-corrected chi connectivity index (χ3v) is 4.96. The first-order chi connectivity index (χ1) is 8.75. The first kappa shape index (κ1) is 15.1. The second kappa shape index (κ2) is 6.42. The topological polar surface area (TPSA) is 41.6 Å². The van der Waals surface area contributed by atoms with Crippen LogP contribution in [0.4, 0.5) is 0 Å². The first-order valence-corrected chi connectivity index (χ1v) is 7.36. The Bertz CT molecular complexity index is 307. The zero-order valence-corrected chi connectivity index (χ0v) is 12.5. The van der Waals surface area contributed by atoms with Crippen molar-refractivity contribution >= 4 is 18.3 Å². The van der Waals surface area contributed by atoms with E-state index in [9.17, 15) is 4.79 Å². The van der Waals surface area contributed by atoms with Crippen LogP contribution in [0.2, 0.25) is 0 Å². The van der Waals surface area contributed by atoms with Crippen LogP contribution in [-0.4, -0.2) is 49.2 Å². The Morgan fingerprint density at radius 1 is 1.26 bits per heavy atom. The van der Waals surface area contributed by atoms with Crippen molar-refractivity contribution in [2.75, 3.05) is 20.3 Å². The summed E-state index contributed by atoms with van der Waals surface area (Å²) >= 11 is 0. The smallest absolute Gasteiger partial charge is 0.239 e. The second-order valence-electron chi connectivity index (χ2n) is 6.07. The molecular weight excluding hydrogens is 264 g/mol. The molecule has 0 aromatic rings. The number of hydrogen-bond donors (Lipinski definition) is 1. The molecule has 5 heteroatoms. The van der Waals surface area contributed by atoms with E-state index in [1.807, 2.05) is 11.9 Å². The molecule has 1 amide bonds. The predicted molar refractivity (Wildman–Crippen MR) is 76.5 cm³/mol. The van der Waals surface area contributed by atoms with E-state index in [1.54, 1.807) is 0 Å².